The molecule has 2 atom stereocenters. The van der Waals surface area contributed by atoms with E-state index in [1.54, 1.807) is 6.20 Å². The van der Waals surface area contributed by atoms with Crippen LogP contribution >= 0.6 is 15.9 Å². The zero-order valence-corrected chi connectivity index (χ0v) is 13.6. The number of aromatic amines is 1. The third kappa shape index (κ3) is 2.53. The van der Waals surface area contributed by atoms with E-state index in [1.165, 1.54) is 11.8 Å². The Balaban J connectivity index is 1.56. The minimum absolute atomic E-state index is 0.0643. The molecule has 0 saturated heterocycles. The molecule has 4 rings (SSSR count). The van der Waals surface area contributed by atoms with Crippen molar-refractivity contribution in [3.8, 4) is 0 Å². The van der Waals surface area contributed by atoms with Crippen LogP contribution in [0.2, 0.25) is 0 Å². The van der Waals surface area contributed by atoms with Gasteiger partial charge in [0.2, 0.25) is 5.91 Å². The summed E-state index contributed by atoms with van der Waals surface area (Å²) in [5.41, 5.74) is 2.01. The predicted octanol–water partition coefficient (Wildman–Crippen LogP) is 4.21. The van der Waals surface area contributed by atoms with Gasteiger partial charge >= 0.3 is 0 Å². The molecule has 4 nitrogen and oxygen atoms in total. The Labute approximate surface area is 140 Å². The number of aromatic nitrogens is 2. The molecule has 1 amide bonds. The van der Waals surface area contributed by atoms with Crippen molar-refractivity contribution in [2.24, 2.45) is 5.92 Å². The second kappa shape index (κ2) is 5.45. The maximum Gasteiger partial charge on any atom is 0.228 e. The molecule has 2 aromatic heterocycles. The molecule has 0 bridgehead atoms. The normalized spacial score (nSPS) is 19.7. The second-order valence-corrected chi connectivity index (χ2v) is 6.55. The third-order valence-electron chi connectivity index (χ3n) is 4.21. The molecule has 1 aliphatic carbocycles. The summed E-state index contributed by atoms with van der Waals surface area (Å²) in [6.45, 7) is 0. The van der Waals surface area contributed by atoms with Crippen LogP contribution in [0.5, 0.6) is 0 Å². The minimum Gasteiger partial charge on any atom is -0.344 e. The molecule has 6 heteroatoms. The topological polar surface area (TPSA) is 57.8 Å². The number of benzene rings is 1. The van der Waals surface area contributed by atoms with Crippen molar-refractivity contribution in [3.05, 3.63) is 58.6 Å². The van der Waals surface area contributed by atoms with Crippen LogP contribution in [0.25, 0.3) is 11.0 Å². The largest absolute Gasteiger partial charge is 0.344 e. The summed E-state index contributed by atoms with van der Waals surface area (Å²) in [6.07, 6.45) is 3.79. The van der Waals surface area contributed by atoms with Crippen LogP contribution in [-0.4, -0.2) is 15.9 Å². The molecule has 0 spiro atoms. The van der Waals surface area contributed by atoms with Gasteiger partial charge in [-0.2, -0.15) is 0 Å². The number of amides is 1. The highest BCUT2D eigenvalue weighted by atomic mass is 79.9. The summed E-state index contributed by atoms with van der Waals surface area (Å²) in [6, 6.07) is 9.97. The Kier molecular flexibility index (Phi) is 3.41. The number of pyridine rings is 1. The third-order valence-corrected chi connectivity index (χ3v) is 4.76. The lowest BCUT2D eigenvalue weighted by molar-refractivity contribution is -0.117. The highest BCUT2D eigenvalue weighted by molar-refractivity contribution is 9.10. The van der Waals surface area contributed by atoms with Crippen molar-refractivity contribution in [2.45, 2.75) is 12.3 Å². The van der Waals surface area contributed by atoms with Crippen LogP contribution in [0.4, 0.5) is 10.1 Å². The van der Waals surface area contributed by atoms with Crippen molar-refractivity contribution in [3.63, 3.8) is 0 Å². The van der Waals surface area contributed by atoms with Gasteiger partial charge in [-0.3, -0.25) is 4.79 Å². The molecule has 1 fully saturated rings. The molecule has 1 aliphatic rings. The minimum atomic E-state index is -0.429. The lowest BCUT2D eigenvalue weighted by atomic mass is 10.1. The summed E-state index contributed by atoms with van der Waals surface area (Å²) >= 11 is 3.12. The number of fused-ring (bicyclic) bond motifs is 1. The van der Waals surface area contributed by atoms with Crippen molar-refractivity contribution in [1.82, 2.24) is 9.97 Å². The average molecular weight is 374 g/mol. The number of rotatable bonds is 3. The molecular formula is C17H13BrFN3O. The van der Waals surface area contributed by atoms with Gasteiger partial charge < -0.3 is 10.3 Å². The first kappa shape index (κ1) is 14.4. The fraction of sp³-hybridized carbons (Fsp3) is 0.176. The summed E-state index contributed by atoms with van der Waals surface area (Å²) in [5.74, 6) is -0.331. The van der Waals surface area contributed by atoms with Crippen LogP contribution in [0.1, 0.15) is 17.9 Å². The number of carbonyl (C=O) groups excluding carboxylic acids is 1. The monoisotopic (exact) mass is 373 g/mol. The van der Waals surface area contributed by atoms with Crippen LogP contribution in [-0.2, 0) is 4.79 Å². The van der Waals surface area contributed by atoms with Gasteiger partial charge in [0.05, 0.1) is 15.5 Å². The van der Waals surface area contributed by atoms with Crippen LogP contribution in [0.3, 0.4) is 0 Å². The summed E-state index contributed by atoms with van der Waals surface area (Å²) < 4.78 is 14.5. The lowest BCUT2D eigenvalue weighted by Gasteiger charge is -2.05. The van der Waals surface area contributed by atoms with Gasteiger partial charge in [0, 0.05) is 18.3 Å². The van der Waals surface area contributed by atoms with Gasteiger partial charge in [0.25, 0.3) is 0 Å². The quantitative estimate of drug-likeness (QED) is 0.722. The molecular weight excluding hydrogens is 361 g/mol. The highest BCUT2D eigenvalue weighted by Crippen LogP contribution is 2.48. The fourth-order valence-corrected chi connectivity index (χ4v) is 3.21. The van der Waals surface area contributed by atoms with Gasteiger partial charge in [-0.15, -0.1) is 0 Å². The van der Waals surface area contributed by atoms with E-state index >= 15 is 0 Å². The average Bonchev–Trinajstić information content (AvgIpc) is 3.28. The zero-order chi connectivity index (χ0) is 16.0. The molecule has 1 saturated carbocycles. The fourth-order valence-electron chi connectivity index (χ4n) is 2.91. The Morgan fingerprint density at radius 1 is 1.35 bits per heavy atom. The number of hydrogen-bond acceptors (Lipinski definition) is 2. The number of H-pyrrole nitrogens is 1. The number of halogens is 2. The number of anilines is 1. The zero-order valence-electron chi connectivity index (χ0n) is 12.0. The summed E-state index contributed by atoms with van der Waals surface area (Å²) in [7, 11) is 0. The van der Waals surface area contributed by atoms with Crippen molar-refractivity contribution < 1.29 is 9.18 Å². The van der Waals surface area contributed by atoms with Crippen LogP contribution < -0.4 is 5.32 Å². The van der Waals surface area contributed by atoms with Gasteiger partial charge in [-0.1, -0.05) is 30.3 Å². The Bertz CT molecular complexity index is 893. The number of hydrogen-bond donors (Lipinski definition) is 2. The van der Waals surface area contributed by atoms with E-state index < -0.39 is 5.82 Å². The molecule has 0 unspecified atom stereocenters. The Morgan fingerprint density at radius 2 is 2.13 bits per heavy atom. The van der Waals surface area contributed by atoms with E-state index in [2.05, 4.69) is 31.2 Å². The number of nitrogens with zero attached hydrogens (tertiary/aromatic N) is 1. The van der Waals surface area contributed by atoms with Crippen molar-refractivity contribution >= 4 is 38.6 Å². The molecule has 23 heavy (non-hydrogen) atoms. The molecule has 2 heterocycles. The highest BCUT2D eigenvalue weighted by Gasteiger charge is 2.44. The van der Waals surface area contributed by atoms with Crippen molar-refractivity contribution in [2.75, 3.05) is 5.32 Å². The lowest BCUT2D eigenvalue weighted by Crippen LogP contribution is -2.14. The van der Waals surface area contributed by atoms with Crippen LogP contribution in [0, 0.1) is 11.7 Å². The SMILES string of the molecule is O=C(Nc1c[nH]c2ncc(Br)c(F)c12)[C@@H]1C[C@H]1c1ccccc1. The molecule has 2 N–H and O–H groups in total. The summed E-state index contributed by atoms with van der Waals surface area (Å²) in [4.78, 5) is 19.4. The first-order valence-electron chi connectivity index (χ1n) is 7.32. The molecule has 1 aromatic carbocycles. The maximum absolute atomic E-state index is 14.2. The Morgan fingerprint density at radius 3 is 2.91 bits per heavy atom. The van der Waals surface area contributed by atoms with Crippen LogP contribution in [0.15, 0.2) is 47.2 Å². The molecule has 0 aliphatic heterocycles. The van der Waals surface area contributed by atoms with E-state index in [4.69, 9.17) is 0 Å². The van der Waals surface area contributed by atoms with Crippen molar-refractivity contribution in [1.29, 1.82) is 0 Å². The standard InChI is InChI=1S/C17H13BrFN3O/c18-12-7-20-16-14(15(12)19)13(8-21-16)22-17(23)11-6-10(11)9-4-2-1-3-5-9/h1-5,7-8,10-11H,6H2,(H,20,21)(H,22,23)/t10-,11+/m0/s1. The summed E-state index contributed by atoms with van der Waals surface area (Å²) in [5, 5.41) is 3.12. The van der Waals surface area contributed by atoms with E-state index in [0.29, 0.717) is 16.7 Å². The number of carbonyl (C=O) groups is 1. The maximum atomic E-state index is 14.2. The first-order chi connectivity index (χ1) is 11.1. The number of nitrogens with one attached hydrogen (secondary N) is 2. The van der Waals surface area contributed by atoms with Gasteiger partial charge in [0.15, 0.2) is 5.82 Å². The van der Waals surface area contributed by atoms with Gasteiger partial charge in [0.1, 0.15) is 5.65 Å². The molecule has 3 aromatic rings. The smallest absolute Gasteiger partial charge is 0.228 e. The predicted molar refractivity (Wildman–Crippen MR) is 89.7 cm³/mol. The second-order valence-electron chi connectivity index (χ2n) is 5.69. The van der Waals surface area contributed by atoms with E-state index in [-0.39, 0.29) is 22.2 Å². The first-order valence-corrected chi connectivity index (χ1v) is 8.11. The molecule has 116 valence electrons. The van der Waals surface area contributed by atoms with E-state index in [0.717, 1.165) is 6.42 Å². The Hall–Kier alpha value is -2.21. The van der Waals surface area contributed by atoms with Gasteiger partial charge in [-0.25, -0.2) is 9.37 Å². The molecule has 0 radical (unpaired) electrons. The van der Waals surface area contributed by atoms with E-state index in [1.807, 2.05) is 30.3 Å². The van der Waals surface area contributed by atoms with Gasteiger partial charge in [-0.05, 0) is 33.8 Å². The van der Waals surface area contributed by atoms with E-state index in [9.17, 15) is 9.18 Å².